The number of anilines is 1. The molecule has 0 saturated heterocycles. The predicted octanol–water partition coefficient (Wildman–Crippen LogP) is 0.770. The van der Waals surface area contributed by atoms with E-state index in [9.17, 15) is 13.2 Å². The number of amides is 1. The van der Waals surface area contributed by atoms with Gasteiger partial charge in [-0.1, -0.05) is 6.07 Å². The fraction of sp³-hybridized carbons (Fsp3) is 0.462. The van der Waals surface area contributed by atoms with Crippen LogP contribution in [0.5, 0.6) is 0 Å². The minimum Gasteiger partial charge on any atom is -0.398 e. The number of hydrogen-bond acceptors (Lipinski definition) is 4. The van der Waals surface area contributed by atoms with Gasteiger partial charge in [0.15, 0.2) is 0 Å². The topological polar surface area (TPSA) is 101 Å². The molecular weight excluding hydrogens is 278 g/mol. The monoisotopic (exact) mass is 299 g/mol. The molecule has 0 spiro atoms. The van der Waals surface area contributed by atoms with Crippen molar-refractivity contribution in [1.82, 2.24) is 10.0 Å². The van der Waals surface area contributed by atoms with Gasteiger partial charge in [-0.15, -0.1) is 0 Å². The second-order valence-electron chi connectivity index (χ2n) is 5.59. The molecule has 0 bridgehead atoms. The van der Waals surface area contributed by atoms with Crippen LogP contribution in [0.4, 0.5) is 5.69 Å². The Morgan fingerprint density at radius 2 is 1.90 bits per heavy atom. The highest BCUT2D eigenvalue weighted by Gasteiger charge is 2.20. The molecule has 0 radical (unpaired) electrons. The van der Waals surface area contributed by atoms with Gasteiger partial charge in [0.05, 0.1) is 11.4 Å². The molecule has 20 heavy (non-hydrogen) atoms. The molecule has 112 valence electrons. The minimum absolute atomic E-state index is 0.0843. The van der Waals surface area contributed by atoms with Gasteiger partial charge in [-0.2, -0.15) is 0 Å². The van der Waals surface area contributed by atoms with Crippen molar-refractivity contribution in [1.29, 1.82) is 0 Å². The molecule has 0 aliphatic heterocycles. The van der Waals surface area contributed by atoms with E-state index in [0.29, 0.717) is 11.3 Å². The highest BCUT2D eigenvalue weighted by atomic mass is 32.2. The van der Waals surface area contributed by atoms with Crippen LogP contribution < -0.4 is 15.8 Å². The van der Waals surface area contributed by atoms with Gasteiger partial charge >= 0.3 is 0 Å². The largest absolute Gasteiger partial charge is 0.398 e. The molecule has 0 aliphatic rings. The number of carbonyl (C=O) groups is 1. The van der Waals surface area contributed by atoms with Gasteiger partial charge < -0.3 is 11.1 Å². The fourth-order valence-corrected chi connectivity index (χ4v) is 2.88. The normalized spacial score (nSPS) is 12.2. The van der Waals surface area contributed by atoms with E-state index in [1.807, 2.05) is 20.8 Å². The zero-order valence-corrected chi connectivity index (χ0v) is 13.0. The van der Waals surface area contributed by atoms with E-state index in [0.717, 1.165) is 0 Å². The van der Waals surface area contributed by atoms with E-state index in [-0.39, 0.29) is 17.3 Å². The van der Waals surface area contributed by atoms with E-state index in [1.54, 1.807) is 19.1 Å². The number of nitrogens with one attached hydrogen (secondary N) is 2. The average Bonchev–Trinajstić information content (AvgIpc) is 2.28. The lowest BCUT2D eigenvalue weighted by molar-refractivity contribution is -0.121. The van der Waals surface area contributed by atoms with Gasteiger partial charge in [-0.3, -0.25) is 4.79 Å². The highest BCUT2D eigenvalue weighted by Crippen LogP contribution is 2.19. The van der Waals surface area contributed by atoms with Crippen LogP contribution in [0.25, 0.3) is 0 Å². The summed E-state index contributed by atoms with van der Waals surface area (Å²) in [5.41, 5.74) is 6.14. The second-order valence-corrected chi connectivity index (χ2v) is 7.33. The van der Waals surface area contributed by atoms with Gasteiger partial charge in [-0.05, 0) is 45.4 Å². The third kappa shape index (κ3) is 4.50. The van der Waals surface area contributed by atoms with Crippen molar-refractivity contribution in [2.75, 3.05) is 12.3 Å². The van der Waals surface area contributed by atoms with Crippen molar-refractivity contribution in [2.45, 2.75) is 38.1 Å². The first-order valence-electron chi connectivity index (χ1n) is 6.19. The Hall–Kier alpha value is -1.60. The van der Waals surface area contributed by atoms with Crippen LogP contribution in [0.15, 0.2) is 23.1 Å². The van der Waals surface area contributed by atoms with Crippen LogP contribution in [-0.4, -0.2) is 26.4 Å². The quantitative estimate of drug-likeness (QED) is 0.715. The zero-order valence-electron chi connectivity index (χ0n) is 12.1. The predicted molar refractivity (Wildman–Crippen MR) is 78.7 cm³/mol. The van der Waals surface area contributed by atoms with Crippen molar-refractivity contribution in [3.63, 3.8) is 0 Å². The molecule has 0 aromatic heterocycles. The lowest BCUT2D eigenvalue weighted by Gasteiger charge is -2.20. The van der Waals surface area contributed by atoms with E-state index in [4.69, 9.17) is 5.73 Å². The number of sulfonamides is 1. The lowest BCUT2D eigenvalue weighted by atomic mass is 10.1. The smallest absolute Gasteiger partial charge is 0.241 e. The summed E-state index contributed by atoms with van der Waals surface area (Å²) < 4.78 is 26.5. The Bertz CT molecular complexity index is 604. The Balaban J connectivity index is 2.81. The zero-order chi connectivity index (χ0) is 15.6. The minimum atomic E-state index is -3.75. The van der Waals surface area contributed by atoms with E-state index < -0.39 is 15.6 Å². The summed E-state index contributed by atoms with van der Waals surface area (Å²) in [5, 5.41) is 2.68. The van der Waals surface area contributed by atoms with Crippen LogP contribution in [0.3, 0.4) is 0 Å². The molecule has 0 atom stereocenters. The maximum Gasteiger partial charge on any atom is 0.241 e. The molecule has 4 N–H and O–H groups in total. The molecule has 1 aromatic rings. The summed E-state index contributed by atoms with van der Waals surface area (Å²) in [5.74, 6) is -0.386. The first-order chi connectivity index (χ1) is 9.03. The van der Waals surface area contributed by atoms with Crippen molar-refractivity contribution in [3.05, 3.63) is 23.8 Å². The lowest BCUT2D eigenvalue weighted by Crippen LogP contribution is -2.45. The molecule has 6 nitrogen and oxygen atoms in total. The van der Waals surface area contributed by atoms with E-state index in [1.165, 1.54) is 6.07 Å². The van der Waals surface area contributed by atoms with Crippen LogP contribution >= 0.6 is 0 Å². The van der Waals surface area contributed by atoms with Crippen molar-refractivity contribution in [3.8, 4) is 0 Å². The Morgan fingerprint density at radius 3 is 2.45 bits per heavy atom. The molecule has 0 heterocycles. The van der Waals surface area contributed by atoms with Gasteiger partial charge in [0.2, 0.25) is 15.9 Å². The van der Waals surface area contributed by atoms with Gasteiger partial charge in [-0.25, -0.2) is 13.1 Å². The standard InChI is InChI=1S/C13H21N3O3S/c1-9-10(14)6-5-7-11(9)20(18,19)15-8-12(17)16-13(2,3)4/h5-7,15H,8,14H2,1-4H3,(H,16,17). The fourth-order valence-electron chi connectivity index (χ4n) is 1.62. The molecule has 1 rings (SSSR count). The summed E-state index contributed by atoms with van der Waals surface area (Å²) in [6.45, 7) is 6.78. The number of benzene rings is 1. The van der Waals surface area contributed by atoms with Crippen LogP contribution in [0.1, 0.15) is 26.3 Å². The highest BCUT2D eigenvalue weighted by molar-refractivity contribution is 7.89. The van der Waals surface area contributed by atoms with Crippen LogP contribution in [0.2, 0.25) is 0 Å². The third-order valence-corrected chi connectivity index (χ3v) is 4.10. The SMILES string of the molecule is Cc1c(N)cccc1S(=O)(=O)NCC(=O)NC(C)(C)C. The van der Waals surface area contributed by atoms with Crippen LogP contribution in [-0.2, 0) is 14.8 Å². The number of hydrogen-bond donors (Lipinski definition) is 3. The first-order valence-corrected chi connectivity index (χ1v) is 7.67. The summed E-state index contributed by atoms with van der Waals surface area (Å²) >= 11 is 0. The summed E-state index contributed by atoms with van der Waals surface area (Å²) in [6, 6.07) is 4.64. The maximum atomic E-state index is 12.1. The van der Waals surface area contributed by atoms with Gasteiger partial charge in [0.25, 0.3) is 0 Å². The van der Waals surface area contributed by atoms with E-state index >= 15 is 0 Å². The molecule has 0 unspecified atom stereocenters. The molecular formula is C13H21N3O3S. The Kier molecular flexibility index (Phi) is 4.77. The average molecular weight is 299 g/mol. The van der Waals surface area contributed by atoms with Crippen molar-refractivity contribution >= 4 is 21.6 Å². The number of nitrogens with two attached hydrogens (primary N) is 1. The van der Waals surface area contributed by atoms with Crippen molar-refractivity contribution < 1.29 is 13.2 Å². The Labute approximate surface area is 119 Å². The molecule has 1 amide bonds. The number of nitrogen functional groups attached to an aromatic ring is 1. The third-order valence-electron chi connectivity index (χ3n) is 2.55. The van der Waals surface area contributed by atoms with Crippen molar-refractivity contribution in [2.24, 2.45) is 0 Å². The Morgan fingerprint density at radius 1 is 1.30 bits per heavy atom. The molecule has 7 heteroatoms. The van der Waals surface area contributed by atoms with Gasteiger partial charge in [0.1, 0.15) is 0 Å². The number of carbonyl (C=O) groups excluding carboxylic acids is 1. The molecule has 0 fully saturated rings. The molecule has 1 aromatic carbocycles. The van der Waals surface area contributed by atoms with Gasteiger partial charge in [0, 0.05) is 11.2 Å². The maximum absolute atomic E-state index is 12.1. The summed E-state index contributed by atoms with van der Waals surface area (Å²) in [7, 11) is -3.75. The second kappa shape index (κ2) is 5.80. The van der Waals surface area contributed by atoms with Crippen LogP contribution in [0, 0.1) is 6.92 Å². The summed E-state index contributed by atoms with van der Waals surface area (Å²) in [4.78, 5) is 11.7. The summed E-state index contributed by atoms with van der Waals surface area (Å²) in [6.07, 6.45) is 0. The first kappa shape index (κ1) is 16.5. The van der Waals surface area contributed by atoms with E-state index in [2.05, 4.69) is 10.0 Å². The number of rotatable bonds is 4. The molecule has 0 aliphatic carbocycles. The molecule has 0 saturated carbocycles.